The lowest BCUT2D eigenvalue weighted by atomic mass is 10.0. The number of carbonyl (C=O) groups excluding carboxylic acids is 2. The molecule has 10 nitrogen and oxygen atoms in total. The van der Waals surface area contributed by atoms with Gasteiger partial charge in [0, 0.05) is 45.8 Å². The zero-order chi connectivity index (χ0) is 21.3. The van der Waals surface area contributed by atoms with Crippen LogP contribution in [0.15, 0.2) is 42.2 Å². The van der Waals surface area contributed by atoms with E-state index in [9.17, 15) is 19.5 Å². The van der Waals surface area contributed by atoms with Crippen molar-refractivity contribution in [3.63, 3.8) is 0 Å². The number of carboxylic acid groups (broad SMARTS) is 1. The number of nitrogens with zero attached hydrogens (tertiary/aromatic N) is 5. The topological polar surface area (TPSA) is 99.7 Å². The third-order valence-electron chi connectivity index (χ3n) is 5.62. The zero-order valence-corrected chi connectivity index (χ0v) is 16.9. The fourth-order valence-corrected chi connectivity index (χ4v) is 4.14. The predicted molar refractivity (Wildman–Crippen MR) is 108 cm³/mol. The van der Waals surface area contributed by atoms with Crippen LogP contribution in [0.5, 0.6) is 0 Å². The Labute approximate surface area is 174 Å². The molecule has 0 bridgehead atoms. The van der Waals surface area contributed by atoms with Crippen molar-refractivity contribution in [3.05, 3.63) is 47.8 Å². The number of fused-ring (bicyclic) bond motifs is 1. The van der Waals surface area contributed by atoms with Crippen LogP contribution in [0, 0.1) is 0 Å². The molecule has 10 heteroatoms. The van der Waals surface area contributed by atoms with Gasteiger partial charge in [-0.3, -0.25) is 9.59 Å². The summed E-state index contributed by atoms with van der Waals surface area (Å²) in [4.78, 5) is 42.6. The number of rotatable bonds is 5. The highest BCUT2D eigenvalue weighted by atomic mass is 16.4. The molecular formula is C20H26N6O4. The Balaban J connectivity index is 1.36. The standard InChI is InChI=1S/C20H26N6O4/c1-22-12-17-19(28)26(14-24(17)13-22)25-9-7-23(8-10-25)18(27)16(21-20(29)30)11-15-5-3-2-4-6-15/h2-6,12,16,21H,7-11,13-14H2,1H3,(H,29,30)/t16-/m1/s1. The molecule has 3 aliphatic rings. The smallest absolute Gasteiger partial charge is 0.405 e. The van der Waals surface area contributed by atoms with Crippen LogP contribution in [-0.2, 0) is 16.0 Å². The summed E-state index contributed by atoms with van der Waals surface area (Å²) in [6, 6.07) is 8.52. The lowest BCUT2D eigenvalue weighted by Crippen LogP contribution is -2.59. The molecule has 0 radical (unpaired) electrons. The summed E-state index contributed by atoms with van der Waals surface area (Å²) in [6.07, 6.45) is 0.936. The molecule has 1 aromatic carbocycles. The number of nitrogens with one attached hydrogen (secondary N) is 1. The van der Waals surface area contributed by atoms with Gasteiger partial charge in [-0.2, -0.15) is 0 Å². The van der Waals surface area contributed by atoms with Gasteiger partial charge >= 0.3 is 6.09 Å². The Hall–Kier alpha value is -3.27. The molecule has 160 valence electrons. The van der Waals surface area contributed by atoms with Crippen molar-refractivity contribution < 1.29 is 19.5 Å². The number of hydrogen-bond acceptors (Lipinski definition) is 6. The van der Waals surface area contributed by atoms with Gasteiger partial charge in [-0.1, -0.05) is 30.3 Å². The van der Waals surface area contributed by atoms with Crippen LogP contribution in [0.3, 0.4) is 0 Å². The molecule has 3 aliphatic heterocycles. The van der Waals surface area contributed by atoms with Crippen molar-refractivity contribution in [2.24, 2.45) is 0 Å². The highest BCUT2D eigenvalue weighted by molar-refractivity contribution is 5.94. The minimum atomic E-state index is -1.22. The fraction of sp³-hybridized carbons (Fsp3) is 0.450. The number of amides is 3. The summed E-state index contributed by atoms with van der Waals surface area (Å²) >= 11 is 0. The van der Waals surface area contributed by atoms with Crippen molar-refractivity contribution in [1.82, 2.24) is 30.0 Å². The summed E-state index contributed by atoms with van der Waals surface area (Å²) in [5.74, 6) is -0.257. The first-order valence-electron chi connectivity index (χ1n) is 9.98. The van der Waals surface area contributed by atoms with E-state index >= 15 is 0 Å². The number of carbonyl (C=O) groups is 3. The summed E-state index contributed by atoms with van der Waals surface area (Å²) in [7, 11) is 1.93. The molecule has 0 saturated carbocycles. The van der Waals surface area contributed by atoms with Crippen LogP contribution in [0.1, 0.15) is 5.56 Å². The summed E-state index contributed by atoms with van der Waals surface area (Å²) in [5.41, 5.74) is 1.59. The molecule has 1 atom stereocenters. The molecule has 0 spiro atoms. The molecule has 2 fully saturated rings. The third kappa shape index (κ3) is 4.04. The van der Waals surface area contributed by atoms with E-state index in [0.29, 0.717) is 51.6 Å². The Morgan fingerprint density at radius 1 is 1.10 bits per heavy atom. The SMILES string of the molecule is CN1C=C2C(=O)N(N3CCN(C(=O)[C@@H](Cc4ccccc4)NC(=O)O)CC3)CN2C1. The first kappa shape index (κ1) is 20.0. The number of piperazine rings is 1. The molecule has 3 heterocycles. The van der Waals surface area contributed by atoms with E-state index in [1.165, 1.54) is 0 Å². The van der Waals surface area contributed by atoms with Crippen LogP contribution in [0.4, 0.5) is 4.79 Å². The fourth-order valence-electron chi connectivity index (χ4n) is 4.14. The third-order valence-corrected chi connectivity index (χ3v) is 5.62. The quantitative estimate of drug-likeness (QED) is 0.687. The van der Waals surface area contributed by atoms with Crippen LogP contribution >= 0.6 is 0 Å². The largest absolute Gasteiger partial charge is 0.465 e. The Kier molecular flexibility index (Phi) is 5.49. The van der Waals surface area contributed by atoms with Crippen LogP contribution in [-0.4, -0.2) is 100 Å². The lowest BCUT2D eigenvalue weighted by Gasteiger charge is -2.40. The maximum Gasteiger partial charge on any atom is 0.405 e. The Morgan fingerprint density at radius 3 is 2.43 bits per heavy atom. The van der Waals surface area contributed by atoms with Crippen molar-refractivity contribution in [2.45, 2.75) is 12.5 Å². The second-order valence-corrected chi connectivity index (χ2v) is 7.77. The van der Waals surface area contributed by atoms with Crippen molar-refractivity contribution in [1.29, 1.82) is 0 Å². The van der Waals surface area contributed by atoms with Gasteiger partial charge in [0.25, 0.3) is 5.91 Å². The maximum absolute atomic E-state index is 13.0. The van der Waals surface area contributed by atoms with Crippen molar-refractivity contribution >= 4 is 17.9 Å². The van der Waals surface area contributed by atoms with E-state index in [1.54, 1.807) is 9.91 Å². The van der Waals surface area contributed by atoms with Crippen molar-refractivity contribution in [3.8, 4) is 0 Å². The van der Waals surface area contributed by atoms with Gasteiger partial charge in [-0.15, -0.1) is 0 Å². The molecule has 2 N–H and O–H groups in total. The molecule has 30 heavy (non-hydrogen) atoms. The van der Waals surface area contributed by atoms with Gasteiger partial charge in [0.15, 0.2) is 0 Å². The minimum absolute atomic E-state index is 0.0198. The number of hydrogen-bond donors (Lipinski definition) is 2. The summed E-state index contributed by atoms with van der Waals surface area (Å²) in [6.45, 7) is 3.14. The molecule has 1 aromatic rings. The van der Waals surface area contributed by atoms with E-state index in [1.807, 2.05) is 58.4 Å². The maximum atomic E-state index is 13.0. The normalized spacial score (nSPS) is 20.3. The van der Waals surface area contributed by atoms with Gasteiger partial charge in [0.05, 0.1) is 6.67 Å². The van der Waals surface area contributed by atoms with E-state index in [0.717, 1.165) is 5.56 Å². The van der Waals surface area contributed by atoms with Gasteiger partial charge in [0.2, 0.25) is 5.91 Å². The Morgan fingerprint density at radius 2 is 1.80 bits per heavy atom. The van der Waals surface area contributed by atoms with Crippen LogP contribution < -0.4 is 5.32 Å². The zero-order valence-electron chi connectivity index (χ0n) is 16.9. The van der Waals surface area contributed by atoms with Gasteiger partial charge in [-0.25, -0.2) is 14.8 Å². The molecular weight excluding hydrogens is 388 g/mol. The van der Waals surface area contributed by atoms with E-state index < -0.39 is 12.1 Å². The van der Waals surface area contributed by atoms with Crippen LogP contribution in [0.2, 0.25) is 0 Å². The molecule has 0 aliphatic carbocycles. The monoisotopic (exact) mass is 414 g/mol. The highest BCUT2D eigenvalue weighted by Gasteiger charge is 2.40. The van der Waals surface area contributed by atoms with Crippen LogP contribution in [0.25, 0.3) is 0 Å². The minimum Gasteiger partial charge on any atom is -0.465 e. The summed E-state index contributed by atoms with van der Waals surface area (Å²) < 4.78 is 0. The number of hydrazine groups is 1. The van der Waals surface area contributed by atoms with E-state index in [-0.39, 0.29) is 11.8 Å². The highest BCUT2D eigenvalue weighted by Crippen LogP contribution is 2.25. The summed E-state index contributed by atoms with van der Waals surface area (Å²) in [5, 5.41) is 15.2. The number of benzene rings is 1. The average Bonchev–Trinajstić information content (AvgIpc) is 3.24. The molecule has 3 amide bonds. The second kappa shape index (κ2) is 8.23. The Bertz CT molecular complexity index is 852. The molecule has 0 aromatic heterocycles. The van der Waals surface area contributed by atoms with E-state index in [4.69, 9.17) is 0 Å². The lowest BCUT2D eigenvalue weighted by molar-refractivity contribution is -0.149. The molecule has 4 rings (SSSR count). The van der Waals surface area contributed by atoms with Gasteiger partial charge < -0.3 is 25.1 Å². The molecule has 2 saturated heterocycles. The van der Waals surface area contributed by atoms with Gasteiger partial charge in [0.1, 0.15) is 18.4 Å². The second-order valence-electron chi connectivity index (χ2n) is 7.77. The first-order valence-corrected chi connectivity index (χ1v) is 9.98. The van der Waals surface area contributed by atoms with E-state index in [2.05, 4.69) is 5.32 Å². The van der Waals surface area contributed by atoms with Crippen molar-refractivity contribution in [2.75, 3.05) is 46.6 Å². The van der Waals surface area contributed by atoms with Gasteiger partial charge in [-0.05, 0) is 5.56 Å². The molecule has 0 unspecified atom stereocenters. The predicted octanol–water partition coefficient (Wildman–Crippen LogP) is -0.229. The first-order chi connectivity index (χ1) is 14.4. The average molecular weight is 414 g/mol.